The zero-order valence-electron chi connectivity index (χ0n) is 11.3. The van der Waals surface area contributed by atoms with Crippen LogP contribution >= 0.6 is 22.7 Å². The van der Waals surface area contributed by atoms with Gasteiger partial charge in [-0.05, 0) is 29.3 Å². The van der Waals surface area contributed by atoms with Crippen molar-refractivity contribution in [1.82, 2.24) is 4.90 Å². The fourth-order valence-corrected chi connectivity index (χ4v) is 6.14. The summed E-state index contributed by atoms with van der Waals surface area (Å²) in [7, 11) is -3.20. The summed E-state index contributed by atoms with van der Waals surface area (Å²) in [5.74, 6) is -0.0379. The number of carbonyl (C=O) groups is 1. The number of rotatable bonds is 2. The second-order valence-corrected chi connectivity index (χ2v) is 9.03. The Hall–Kier alpha value is -1.18. The maximum Gasteiger partial charge on any atom is 0.254 e. The van der Waals surface area contributed by atoms with E-state index in [1.807, 2.05) is 22.9 Å². The molecule has 0 N–H and O–H groups in total. The molecule has 1 fully saturated rings. The van der Waals surface area contributed by atoms with Gasteiger partial charge in [0.25, 0.3) is 5.91 Å². The lowest BCUT2D eigenvalue weighted by molar-refractivity contribution is 0.0767. The summed E-state index contributed by atoms with van der Waals surface area (Å²) in [6, 6.07) is 5.51. The van der Waals surface area contributed by atoms with E-state index in [1.54, 1.807) is 16.3 Å². The van der Waals surface area contributed by atoms with Crippen molar-refractivity contribution >= 4 is 38.4 Å². The summed E-state index contributed by atoms with van der Waals surface area (Å²) in [4.78, 5) is 14.9. The van der Waals surface area contributed by atoms with E-state index in [4.69, 9.17) is 0 Å². The molecule has 4 nitrogen and oxygen atoms in total. The Morgan fingerprint density at radius 3 is 2.76 bits per heavy atom. The summed E-state index contributed by atoms with van der Waals surface area (Å²) in [6.07, 6.45) is 0.471. The molecule has 0 aliphatic carbocycles. The van der Waals surface area contributed by atoms with Gasteiger partial charge in [-0.15, -0.1) is 11.3 Å². The lowest BCUT2D eigenvalue weighted by Gasteiger charge is -2.19. The third-order valence-corrected chi connectivity index (χ3v) is 7.58. The molecule has 0 saturated carbocycles. The maximum absolute atomic E-state index is 12.4. The van der Waals surface area contributed by atoms with Crippen LogP contribution in [0.3, 0.4) is 0 Å². The number of carbonyl (C=O) groups excluding carboxylic acids is 1. The van der Waals surface area contributed by atoms with E-state index in [1.165, 1.54) is 22.7 Å². The van der Waals surface area contributed by atoms with Crippen molar-refractivity contribution in [2.24, 2.45) is 0 Å². The first-order chi connectivity index (χ1) is 10.1. The van der Waals surface area contributed by atoms with E-state index < -0.39 is 15.1 Å². The molecule has 0 aromatic carbocycles. The van der Waals surface area contributed by atoms with E-state index in [-0.39, 0.29) is 18.2 Å². The third kappa shape index (κ3) is 3.04. The number of hydrogen-bond donors (Lipinski definition) is 0. The Balaban J connectivity index is 1.81. The highest BCUT2D eigenvalue weighted by molar-refractivity contribution is 7.91. The van der Waals surface area contributed by atoms with Crippen molar-refractivity contribution in [3.05, 3.63) is 44.8 Å². The monoisotopic (exact) mass is 341 g/mol. The molecular weight excluding hydrogens is 326 g/mol. The molecule has 1 unspecified atom stereocenters. The molecule has 0 radical (unpaired) electrons. The number of thiophene rings is 2. The van der Waals surface area contributed by atoms with Gasteiger partial charge >= 0.3 is 0 Å². The minimum absolute atomic E-state index is 0.0332. The third-order valence-electron chi connectivity index (χ3n) is 3.66. The van der Waals surface area contributed by atoms with E-state index in [2.05, 4.69) is 0 Å². The fourth-order valence-electron chi connectivity index (χ4n) is 2.51. The van der Waals surface area contributed by atoms with Crippen LogP contribution in [0, 0.1) is 0 Å². The second-order valence-electron chi connectivity index (χ2n) is 4.96. The molecule has 3 heterocycles. The number of amides is 1. The molecule has 2 aromatic heterocycles. The van der Waals surface area contributed by atoms with Gasteiger partial charge in [0.1, 0.15) is 0 Å². The van der Waals surface area contributed by atoms with Gasteiger partial charge in [-0.2, -0.15) is 11.3 Å². The van der Waals surface area contributed by atoms with Crippen LogP contribution in [0.2, 0.25) is 0 Å². The minimum Gasteiger partial charge on any atom is -0.338 e. The predicted octanol–water partition coefficient (Wildman–Crippen LogP) is 2.81. The van der Waals surface area contributed by atoms with Crippen molar-refractivity contribution in [2.75, 3.05) is 18.8 Å². The highest BCUT2D eigenvalue weighted by atomic mass is 32.2. The quantitative estimate of drug-likeness (QED) is 0.844. The molecule has 0 bridgehead atoms. The summed E-state index contributed by atoms with van der Waals surface area (Å²) >= 11 is 2.94. The van der Waals surface area contributed by atoms with Crippen molar-refractivity contribution in [3.63, 3.8) is 0 Å². The van der Waals surface area contributed by atoms with Gasteiger partial charge in [0.2, 0.25) is 0 Å². The molecule has 2 aromatic rings. The molecule has 1 atom stereocenters. The lowest BCUT2D eigenvalue weighted by atomic mass is 10.2. The predicted molar refractivity (Wildman–Crippen MR) is 85.7 cm³/mol. The van der Waals surface area contributed by atoms with E-state index >= 15 is 0 Å². The Bertz CT molecular complexity index is 705. The number of sulfone groups is 1. The van der Waals surface area contributed by atoms with Crippen LogP contribution in [0.5, 0.6) is 0 Å². The summed E-state index contributed by atoms with van der Waals surface area (Å²) < 4.78 is 24.9. The summed E-state index contributed by atoms with van der Waals surface area (Å²) in [5, 5.41) is 5.08. The van der Waals surface area contributed by atoms with Crippen LogP contribution in [0.15, 0.2) is 34.3 Å². The van der Waals surface area contributed by atoms with Crippen molar-refractivity contribution in [1.29, 1.82) is 0 Å². The second kappa shape index (κ2) is 5.90. The average Bonchev–Trinajstić information content (AvgIpc) is 3.12. The maximum atomic E-state index is 12.4. The summed E-state index contributed by atoms with van der Waals surface area (Å²) in [6.45, 7) is 0.759. The normalized spacial score (nSPS) is 21.9. The highest BCUT2D eigenvalue weighted by Gasteiger charge is 2.33. The van der Waals surface area contributed by atoms with Crippen LogP contribution in [-0.4, -0.2) is 38.1 Å². The van der Waals surface area contributed by atoms with E-state index in [0.29, 0.717) is 18.5 Å². The van der Waals surface area contributed by atoms with Crippen molar-refractivity contribution in [2.45, 2.75) is 11.7 Å². The molecule has 21 heavy (non-hydrogen) atoms. The Morgan fingerprint density at radius 1 is 1.24 bits per heavy atom. The molecule has 0 spiro atoms. The van der Waals surface area contributed by atoms with E-state index in [9.17, 15) is 13.2 Å². The standard InChI is InChI=1S/C14H15NO3S3/c16-14(11-4-8-19-10-11)15-5-3-13(12-2-1-7-20-12)21(17,18)9-6-15/h1-2,4,7-8,10,13H,3,5-6,9H2. The fraction of sp³-hybridized carbons (Fsp3) is 0.357. The van der Waals surface area contributed by atoms with Crippen LogP contribution < -0.4 is 0 Å². The first-order valence-electron chi connectivity index (χ1n) is 6.64. The van der Waals surface area contributed by atoms with Gasteiger partial charge in [0.15, 0.2) is 9.84 Å². The van der Waals surface area contributed by atoms with Gasteiger partial charge in [0, 0.05) is 23.3 Å². The van der Waals surface area contributed by atoms with Crippen molar-refractivity contribution < 1.29 is 13.2 Å². The molecule has 112 valence electrons. The molecule has 1 amide bonds. The van der Waals surface area contributed by atoms with Crippen LogP contribution in [0.25, 0.3) is 0 Å². The van der Waals surface area contributed by atoms with Crippen LogP contribution in [-0.2, 0) is 9.84 Å². The van der Waals surface area contributed by atoms with Gasteiger partial charge in [-0.3, -0.25) is 4.79 Å². The smallest absolute Gasteiger partial charge is 0.254 e. The molecule has 3 rings (SSSR count). The van der Waals surface area contributed by atoms with E-state index in [0.717, 1.165) is 4.88 Å². The van der Waals surface area contributed by atoms with Gasteiger partial charge < -0.3 is 4.90 Å². The van der Waals surface area contributed by atoms with Gasteiger partial charge in [0.05, 0.1) is 16.6 Å². The first kappa shape index (κ1) is 14.7. The Kier molecular flexibility index (Phi) is 4.14. The highest BCUT2D eigenvalue weighted by Crippen LogP contribution is 2.32. The number of nitrogens with zero attached hydrogens (tertiary/aromatic N) is 1. The first-order valence-corrected chi connectivity index (χ1v) is 10.2. The Labute approximate surface area is 131 Å². The minimum atomic E-state index is -3.20. The SMILES string of the molecule is O=C(c1ccsc1)N1CCC(c2cccs2)S(=O)(=O)CC1. The summed E-state index contributed by atoms with van der Waals surface area (Å²) in [5.41, 5.74) is 0.645. The van der Waals surface area contributed by atoms with Crippen LogP contribution in [0.4, 0.5) is 0 Å². The molecular formula is C14H15NO3S3. The topological polar surface area (TPSA) is 54.5 Å². The van der Waals surface area contributed by atoms with Gasteiger partial charge in [-0.25, -0.2) is 8.42 Å². The van der Waals surface area contributed by atoms with Crippen LogP contribution in [0.1, 0.15) is 26.9 Å². The molecule has 1 aliphatic rings. The molecule has 1 aliphatic heterocycles. The number of hydrogen-bond acceptors (Lipinski definition) is 5. The average molecular weight is 341 g/mol. The molecule has 7 heteroatoms. The molecule has 1 saturated heterocycles. The zero-order valence-corrected chi connectivity index (χ0v) is 13.7. The largest absolute Gasteiger partial charge is 0.338 e. The lowest BCUT2D eigenvalue weighted by Crippen LogP contribution is -2.33. The Morgan fingerprint density at radius 2 is 2.10 bits per heavy atom. The van der Waals surface area contributed by atoms with Crippen molar-refractivity contribution in [3.8, 4) is 0 Å². The van der Waals surface area contributed by atoms with Gasteiger partial charge in [-0.1, -0.05) is 6.07 Å². The zero-order chi connectivity index (χ0) is 14.9.